The zero-order valence-corrected chi connectivity index (χ0v) is 30.0. The van der Waals surface area contributed by atoms with Crippen LogP contribution in [0.25, 0.3) is 0 Å². The number of methoxy groups -OCH3 is 1. The molecule has 282 valence electrons. The van der Waals surface area contributed by atoms with Crippen LogP contribution < -0.4 is 65.0 Å². The number of nitrogens with two attached hydrogens (primary N) is 1. The lowest BCUT2D eigenvalue weighted by Crippen LogP contribution is -2.49. The Hall–Kier alpha value is -6.75. The molecule has 6 aromatic rings. The quantitative estimate of drug-likeness (QED) is 0.155. The number of furan rings is 1. The lowest BCUT2D eigenvalue weighted by molar-refractivity contribution is -0.115. The average Bonchev–Trinajstić information content (AvgIpc) is 3.55. The second-order valence-electron chi connectivity index (χ2n) is 12.7. The first kappa shape index (κ1) is 38.5. The molecule has 54 heavy (non-hydrogen) atoms. The molecule has 0 spiro atoms. The van der Waals surface area contributed by atoms with E-state index in [2.05, 4.69) is 20.4 Å². The maximum atomic E-state index is 12.2. The predicted molar refractivity (Wildman–Crippen MR) is 198 cm³/mol. The van der Waals surface area contributed by atoms with Crippen molar-refractivity contribution in [1.82, 2.24) is 0 Å². The molecule has 1 aliphatic heterocycles. The highest BCUT2D eigenvalue weighted by Crippen LogP contribution is 2.43. The van der Waals surface area contributed by atoms with Crippen LogP contribution in [-0.2, 0) is 4.74 Å². The van der Waals surface area contributed by atoms with Gasteiger partial charge in [-0.2, -0.15) is 0 Å². The molecule has 5 heterocycles. The molecule has 0 amide bonds. The summed E-state index contributed by atoms with van der Waals surface area (Å²) in [6, 6.07) is 12.6. The van der Waals surface area contributed by atoms with Crippen LogP contribution in [0.4, 0.5) is 34.1 Å². The van der Waals surface area contributed by atoms with E-state index in [0.29, 0.717) is 36.3 Å². The van der Waals surface area contributed by atoms with Crippen molar-refractivity contribution >= 4 is 34.1 Å². The van der Waals surface area contributed by atoms with Crippen molar-refractivity contribution in [1.29, 1.82) is 0 Å². The molecule has 1 atom stereocenters. The van der Waals surface area contributed by atoms with Crippen molar-refractivity contribution in [2.75, 3.05) is 42.0 Å². The summed E-state index contributed by atoms with van der Waals surface area (Å²) in [5.41, 5.74) is 0.921. The topological polar surface area (TPSA) is 253 Å². The molecular formula is C37H36N4O13. The summed E-state index contributed by atoms with van der Waals surface area (Å²) in [5.74, 6) is 2.80. The zero-order valence-electron chi connectivity index (χ0n) is 30.0. The molecule has 17 heteroatoms. The van der Waals surface area contributed by atoms with Gasteiger partial charge in [0.05, 0.1) is 26.4 Å². The van der Waals surface area contributed by atoms with Crippen LogP contribution in [0.5, 0.6) is 5.75 Å². The van der Waals surface area contributed by atoms with Crippen molar-refractivity contribution < 1.29 is 27.1 Å². The van der Waals surface area contributed by atoms with Gasteiger partial charge in [0.1, 0.15) is 62.9 Å². The Bertz CT molecular complexity index is 2640. The van der Waals surface area contributed by atoms with Crippen molar-refractivity contribution in [3.63, 3.8) is 0 Å². The minimum Gasteiger partial charge on any atom is -0.491 e. The molecule has 4 aromatic heterocycles. The van der Waals surface area contributed by atoms with Gasteiger partial charge in [0, 0.05) is 5.41 Å². The normalized spacial score (nSPS) is 13.4. The van der Waals surface area contributed by atoms with Crippen molar-refractivity contribution in [2.24, 2.45) is 5.41 Å². The predicted octanol–water partition coefficient (Wildman–Crippen LogP) is 3.21. The second-order valence-corrected chi connectivity index (χ2v) is 12.7. The Balaban J connectivity index is 0.000000182. The molecule has 1 aliphatic rings. The number of aryl methyl sites for hydroxylation is 4. The van der Waals surface area contributed by atoms with E-state index in [4.69, 9.17) is 28.5 Å². The fraction of sp³-hybridized carbons (Fsp3) is 0.270. The zero-order chi connectivity index (χ0) is 39.5. The fourth-order valence-electron chi connectivity index (χ4n) is 5.24. The van der Waals surface area contributed by atoms with Gasteiger partial charge in [0.25, 0.3) is 21.7 Å². The van der Waals surface area contributed by atoms with E-state index in [9.17, 15) is 33.6 Å². The van der Waals surface area contributed by atoms with Crippen LogP contribution in [-0.4, -0.2) is 20.3 Å². The molecule has 0 radical (unpaired) electrons. The number of anilines is 6. The van der Waals surface area contributed by atoms with Gasteiger partial charge in [-0.15, -0.1) is 0 Å². The summed E-state index contributed by atoms with van der Waals surface area (Å²) in [6.45, 7) is 9.80. The largest absolute Gasteiger partial charge is 0.491 e. The molecular weight excluding hydrogens is 708 g/mol. The Morgan fingerprint density at radius 2 is 1.07 bits per heavy atom. The van der Waals surface area contributed by atoms with E-state index < -0.39 is 38.6 Å². The standard InChI is InChI=1S/C20H20N2O6.C11H9NO5.C6H7NO2/c1-10-5-7-13(27-10)18(20(3)8-26-9-20)22-15-14(16(23)17(15)24)21-12-6-4-11(2)28-19(12)25;1-5-3-4-6(11(15)17-5)12-7-8(13)9(14)10(7)16-2;1-4-2-3-5(7)6(8)9-4/h4-7,18,21-22H,8-9H2,1-3H3;3-4,12H,1-2H3;2-3H,7H2,1H3. The molecule has 0 bridgehead atoms. The number of nitrogens with one attached hydrogen (secondary N) is 3. The summed E-state index contributed by atoms with van der Waals surface area (Å²) < 4.78 is 30.3. The highest BCUT2D eigenvalue weighted by atomic mass is 16.5. The Morgan fingerprint density at radius 3 is 1.52 bits per heavy atom. The van der Waals surface area contributed by atoms with E-state index in [0.717, 1.165) is 5.76 Å². The van der Waals surface area contributed by atoms with Gasteiger partial charge in [-0.1, -0.05) is 6.92 Å². The molecule has 1 unspecified atom stereocenters. The first-order chi connectivity index (χ1) is 25.5. The molecule has 0 saturated carbocycles. The molecule has 2 aromatic carbocycles. The Labute approximate surface area is 304 Å². The maximum Gasteiger partial charge on any atom is 0.359 e. The average molecular weight is 745 g/mol. The van der Waals surface area contributed by atoms with Gasteiger partial charge in [-0.3, -0.25) is 19.2 Å². The first-order valence-corrected chi connectivity index (χ1v) is 16.3. The van der Waals surface area contributed by atoms with E-state index in [1.807, 2.05) is 26.0 Å². The third kappa shape index (κ3) is 8.00. The monoisotopic (exact) mass is 744 g/mol. The van der Waals surface area contributed by atoms with Crippen LogP contribution in [0.3, 0.4) is 0 Å². The second kappa shape index (κ2) is 15.5. The number of rotatable bonds is 9. The van der Waals surface area contributed by atoms with Crippen molar-refractivity contribution in [3.05, 3.63) is 149 Å². The van der Waals surface area contributed by atoms with E-state index in [1.165, 1.54) is 25.3 Å². The molecule has 7 rings (SSSR count). The van der Waals surface area contributed by atoms with E-state index in [-0.39, 0.29) is 51.3 Å². The smallest absolute Gasteiger partial charge is 0.359 e. The Kier molecular flexibility index (Phi) is 11.0. The minimum absolute atomic E-state index is 0.0198. The number of hydrogen-bond donors (Lipinski definition) is 4. The number of nitrogen functional groups attached to an aromatic ring is 1. The minimum atomic E-state index is -0.707. The van der Waals surface area contributed by atoms with Crippen LogP contribution in [0.15, 0.2) is 99.8 Å². The summed E-state index contributed by atoms with van der Waals surface area (Å²) in [6.07, 6.45) is 0. The highest BCUT2D eigenvalue weighted by molar-refractivity contribution is 5.78. The van der Waals surface area contributed by atoms with E-state index >= 15 is 0 Å². The maximum absolute atomic E-state index is 12.2. The van der Waals surface area contributed by atoms with Crippen LogP contribution in [0, 0.1) is 33.1 Å². The summed E-state index contributed by atoms with van der Waals surface area (Å²) in [5, 5.41) is 8.41. The van der Waals surface area contributed by atoms with E-state index in [1.54, 1.807) is 39.0 Å². The lowest BCUT2D eigenvalue weighted by atomic mass is 9.79. The molecule has 1 fully saturated rings. The van der Waals surface area contributed by atoms with Gasteiger partial charge in [-0.05, 0) is 76.2 Å². The van der Waals surface area contributed by atoms with Gasteiger partial charge in [0.15, 0.2) is 5.75 Å². The third-order valence-corrected chi connectivity index (χ3v) is 8.30. The van der Waals surface area contributed by atoms with Gasteiger partial charge < -0.3 is 48.8 Å². The number of hydrogen-bond acceptors (Lipinski definition) is 17. The van der Waals surface area contributed by atoms with Gasteiger partial charge >= 0.3 is 16.9 Å². The molecule has 17 nitrogen and oxygen atoms in total. The SMILES string of the molecule is COc1c(Nc2ccc(C)oc2=O)c(=O)c1=O.Cc1ccc(C(Nc2c(Nc3ccc(C)oc3=O)c(=O)c2=O)C2(C)COC2)o1.Cc1ccc(N)c(=O)o1. The van der Waals surface area contributed by atoms with Gasteiger partial charge in [-0.25, -0.2) is 14.4 Å². The van der Waals surface area contributed by atoms with Crippen LogP contribution in [0.2, 0.25) is 0 Å². The van der Waals surface area contributed by atoms with Gasteiger partial charge in [0.2, 0.25) is 0 Å². The van der Waals surface area contributed by atoms with Crippen molar-refractivity contribution in [3.8, 4) is 5.75 Å². The number of ether oxygens (including phenoxy) is 2. The molecule has 0 aliphatic carbocycles. The lowest BCUT2D eigenvalue weighted by Gasteiger charge is -2.44. The highest BCUT2D eigenvalue weighted by Gasteiger charge is 2.45. The summed E-state index contributed by atoms with van der Waals surface area (Å²) in [4.78, 5) is 80.6. The van der Waals surface area contributed by atoms with Crippen LogP contribution >= 0.6 is 0 Å². The van der Waals surface area contributed by atoms with Crippen LogP contribution in [0.1, 0.15) is 41.8 Å². The fourth-order valence-corrected chi connectivity index (χ4v) is 5.24. The van der Waals surface area contributed by atoms with Crippen molar-refractivity contribution in [2.45, 2.75) is 40.7 Å². The summed E-state index contributed by atoms with van der Waals surface area (Å²) >= 11 is 0. The Morgan fingerprint density at radius 1 is 0.611 bits per heavy atom. The summed E-state index contributed by atoms with van der Waals surface area (Å²) in [7, 11) is 1.28. The first-order valence-electron chi connectivity index (χ1n) is 16.3. The third-order valence-electron chi connectivity index (χ3n) is 8.30. The molecule has 1 saturated heterocycles. The molecule has 5 N–H and O–H groups in total.